The Kier molecular flexibility index (Phi) is 6.68. The number of carbonyl (C=O) groups is 1. The molecule has 2 aliphatic rings. The van der Waals surface area contributed by atoms with Crippen LogP contribution in [0.15, 0.2) is 37.1 Å². The zero-order valence-electron chi connectivity index (χ0n) is 24.6. The van der Waals surface area contributed by atoms with Gasteiger partial charge in [-0.15, -0.1) is 0 Å². The number of H-pyrrole nitrogens is 1. The van der Waals surface area contributed by atoms with Gasteiger partial charge >= 0.3 is 0 Å². The standard InChI is InChI=1S/C31H37FN8O/c1-8-25(41)39-13-20(5)40(14-19(39)4)30-22-11-18(3)27(26-17(2)9-10-24-23(26)12-33-36-24)28(32)29(22)34-31(35-30)38-15-21(16-38)37(6)7/h8-12,19-21H,1,13-16H2,2-7H3,(H,33,36)/t19-,20+/m1/s1. The number of anilines is 2. The monoisotopic (exact) mass is 556 g/mol. The zero-order valence-corrected chi connectivity index (χ0v) is 24.6. The molecule has 2 aromatic carbocycles. The summed E-state index contributed by atoms with van der Waals surface area (Å²) in [5, 5.41) is 8.79. The van der Waals surface area contributed by atoms with Gasteiger partial charge in [0.2, 0.25) is 11.9 Å². The van der Waals surface area contributed by atoms with E-state index in [0.717, 1.165) is 40.7 Å². The van der Waals surface area contributed by atoms with Crippen molar-refractivity contribution in [3.05, 3.63) is 54.0 Å². The van der Waals surface area contributed by atoms with Crippen LogP contribution in [-0.4, -0.2) is 94.3 Å². The second kappa shape index (κ2) is 10.1. The maximum Gasteiger partial charge on any atom is 0.246 e. The third kappa shape index (κ3) is 4.41. The van der Waals surface area contributed by atoms with Gasteiger partial charge in [-0.1, -0.05) is 12.6 Å². The van der Waals surface area contributed by atoms with Crippen LogP contribution < -0.4 is 9.80 Å². The largest absolute Gasteiger partial charge is 0.349 e. The lowest BCUT2D eigenvalue weighted by Crippen LogP contribution is -2.59. The number of fused-ring (bicyclic) bond motifs is 2. The maximum atomic E-state index is 16.9. The average Bonchev–Trinajstić information content (AvgIpc) is 3.38. The fourth-order valence-electron chi connectivity index (χ4n) is 6.24. The molecule has 0 spiro atoms. The highest BCUT2D eigenvalue weighted by Gasteiger charge is 2.36. The van der Waals surface area contributed by atoms with Crippen molar-refractivity contribution in [1.29, 1.82) is 0 Å². The second-order valence-electron chi connectivity index (χ2n) is 11.8. The fourth-order valence-corrected chi connectivity index (χ4v) is 6.24. The molecule has 0 bridgehead atoms. The zero-order chi connectivity index (χ0) is 29.2. The lowest BCUT2D eigenvalue weighted by Gasteiger charge is -2.45. The number of rotatable bonds is 5. The predicted molar refractivity (Wildman–Crippen MR) is 162 cm³/mol. The normalized spacial score (nSPS) is 19.9. The van der Waals surface area contributed by atoms with Crippen LogP contribution in [0.5, 0.6) is 0 Å². The number of likely N-dealkylation sites (N-methyl/N-ethyl adjacent to an activating group) is 1. The number of aryl methyl sites for hydroxylation is 2. The van der Waals surface area contributed by atoms with Crippen LogP contribution >= 0.6 is 0 Å². The molecule has 0 radical (unpaired) electrons. The van der Waals surface area contributed by atoms with E-state index in [4.69, 9.17) is 9.97 Å². The fraction of sp³-hybridized carbons (Fsp3) is 0.419. The van der Waals surface area contributed by atoms with Gasteiger partial charge in [-0.05, 0) is 76.7 Å². The number of amides is 1. The molecule has 0 aliphatic carbocycles. The van der Waals surface area contributed by atoms with Crippen LogP contribution in [0.2, 0.25) is 0 Å². The highest BCUT2D eigenvalue weighted by atomic mass is 19.1. The number of piperazine rings is 1. The summed E-state index contributed by atoms with van der Waals surface area (Å²) in [5.41, 5.74) is 4.31. The number of aromatic amines is 1. The first-order valence-corrected chi connectivity index (χ1v) is 14.1. The van der Waals surface area contributed by atoms with E-state index in [1.807, 2.05) is 43.9 Å². The first kappa shape index (κ1) is 27.1. The Hall–Kier alpha value is -4.05. The molecule has 41 heavy (non-hydrogen) atoms. The molecule has 0 saturated carbocycles. The lowest BCUT2D eigenvalue weighted by molar-refractivity contribution is -0.128. The van der Waals surface area contributed by atoms with Gasteiger partial charge in [0.25, 0.3) is 0 Å². The molecule has 2 atom stereocenters. The van der Waals surface area contributed by atoms with Crippen molar-refractivity contribution in [2.75, 3.05) is 50.1 Å². The quantitative estimate of drug-likeness (QED) is 0.367. The van der Waals surface area contributed by atoms with Crippen LogP contribution in [0.25, 0.3) is 32.9 Å². The highest BCUT2D eigenvalue weighted by molar-refractivity contribution is 6.02. The van der Waals surface area contributed by atoms with Crippen molar-refractivity contribution < 1.29 is 9.18 Å². The molecular formula is C31H37FN8O. The van der Waals surface area contributed by atoms with Crippen molar-refractivity contribution in [2.45, 2.75) is 45.8 Å². The molecule has 2 fully saturated rings. The van der Waals surface area contributed by atoms with Crippen molar-refractivity contribution in [2.24, 2.45) is 0 Å². The van der Waals surface area contributed by atoms with Gasteiger partial charge in [-0.25, -0.2) is 9.37 Å². The summed E-state index contributed by atoms with van der Waals surface area (Å²) in [4.78, 5) is 30.8. The third-order valence-corrected chi connectivity index (χ3v) is 8.77. The van der Waals surface area contributed by atoms with E-state index in [9.17, 15) is 4.79 Å². The number of carbonyl (C=O) groups excluding carboxylic acids is 1. The van der Waals surface area contributed by atoms with Crippen molar-refractivity contribution in [1.82, 2.24) is 30.0 Å². The molecule has 1 amide bonds. The molecule has 0 unspecified atom stereocenters. The lowest BCUT2D eigenvalue weighted by atomic mass is 9.91. The van der Waals surface area contributed by atoms with E-state index in [1.165, 1.54) is 6.08 Å². The van der Waals surface area contributed by atoms with Crippen molar-refractivity contribution >= 4 is 39.5 Å². The molecule has 2 aromatic heterocycles. The molecule has 10 heteroatoms. The maximum absolute atomic E-state index is 16.9. The Labute approximate surface area is 239 Å². The van der Waals surface area contributed by atoms with Gasteiger partial charge in [-0.2, -0.15) is 10.1 Å². The molecule has 6 rings (SSSR count). The van der Waals surface area contributed by atoms with Crippen LogP contribution in [0.1, 0.15) is 25.0 Å². The summed E-state index contributed by atoms with van der Waals surface area (Å²) >= 11 is 0. The van der Waals surface area contributed by atoms with Gasteiger partial charge in [-0.3, -0.25) is 9.89 Å². The summed E-state index contributed by atoms with van der Waals surface area (Å²) < 4.78 is 16.9. The highest BCUT2D eigenvalue weighted by Crippen LogP contribution is 2.41. The Bertz CT molecular complexity index is 1670. The third-order valence-electron chi connectivity index (χ3n) is 8.77. The molecule has 4 aromatic rings. The summed E-state index contributed by atoms with van der Waals surface area (Å²) in [6, 6.07) is 6.28. The molecule has 4 heterocycles. The number of nitrogens with one attached hydrogen (secondary N) is 1. The Balaban J connectivity index is 1.54. The molecular weight excluding hydrogens is 519 g/mol. The Morgan fingerprint density at radius 1 is 1.05 bits per heavy atom. The van der Waals surface area contributed by atoms with Gasteiger partial charge in [0.05, 0.1) is 11.7 Å². The van der Waals surface area contributed by atoms with E-state index in [-0.39, 0.29) is 23.8 Å². The number of nitrogens with zero attached hydrogens (tertiary/aromatic N) is 7. The van der Waals surface area contributed by atoms with Gasteiger partial charge in [0.1, 0.15) is 11.3 Å². The molecule has 9 nitrogen and oxygen atoms in total. The van der Waals surface area contributed by atoms with Crippen molar-refractivity contribution in [3.63, 3.8) is 0 Å². The summed E-state index contributed by atoms with van der Waals surface area (Å²) in [7, 11) is 4.13. The summed E-state index contributed by atoms with van der Waals surface area (Å²) in [6.07, 6.45) is 3.12. The first-order valence-electron chi connectivity index (χ1n) is 14.1. The minimum Gasteiger partial charge on any atom is -0.349 e. The SMILES string of the molecule is C=CC(=O)N1C[C@H](C)N(c2nc(N3CC(N(C)C)C3)nc3c(F)c(-c4c(C)ccc5[nH]ncc45)c(C)cc23)C[C@H]1C. The van der Waals surface area contributed by atoms with E-state index < -0.39 is 0 Å². The Morgan fingerprint density at radius 3 is 2.51 bits per heavy atom. The Morgan fingerprint density at radius 2 is 1.80 bits per heavy atom. The van der Waals surface area contributed by atoms with Crippen molar-refractivity contribution in [3.8, 4) is 11.1 Å². The van der Waals surface area contributed by atoms with Crippen LogP contribution in [0.3, 0.4) is 0 Å². The predicted octanol–water partition coefficient (Wildman–Crippen LogP) is 4.29. The number of halogens is 1. The molecule has 2 saturated heterocycles. The minimum absolute atomic E-state index is 0.0306. The van der Waals surface area contributed by atoms with Gasteiger partial charge in [0, 0.05) is 60.6 Å². The van der Waals surface area contributed by atoms with Gasteiger partial charge in [0.15, 0.2) is 5.82 Å². The molecule has 2 aliphatic heterocycles. The van der Waals surface area contributed by atoms with Crippen LogP contribution in [0.4, 0.5) is 16.2 Å². The minimum atomic E-state index is -0.354. The van der Waals surface area contributed by atoms with E-state index in [2.05, 4.69) is 52.5 Å². The van der Waals surface area contributed by atoms with E-state index in [0.29, 0.717) is 47.4 Å². The number of hydrogen-bond donors (Lipinski definition) is 1. The molecule has 214 valence electrons. The number of aromatic nitrogens is 4. The van der Waals surface area contributed by atoms with E-state index >= 15 is 4.39 Å². The smallest absolute Gasteiger partial charge is 0.246 e. The van der Waals surface area contributed by atoms with Crippen LogP contribution in [-0.2, 0) is 4.79 Å². The molecule has 1 N–H and O–H groups in total. The number of benzene rings is 2. The summed E-state index contributed by atoms with van der Waals surface area (Å²) in [5.74, 6) is 0.799. The number of hydrogen-bond acceptors (Lipinski definition) is 7. The average molecular weight is 557 g/mol. The van der Waals surface area contributed by atoms with E-state index in [1.54, 1.807) is 6.20 Å². The summed E-state index contributed by atoms with van der Waals surface area (Å²) in [6.45, 7) is 14.4. The first-order chi connectivity index (χ1) is 19.6. The van der Waals surface area contributed by atoms with Crippen LogP contribution in [0, 0.1) is 19.7 Å². The topological polar surface area (TPSA) is 84.5 Å². The second-order valence-corrected chi connectivity index (χ2v) is 11.8. The van der Waals surface area contributed by atoms with Gasteiger partial charge < -0.3 is 19.6 Å².